The van der Waals surface area contributed by atoms with Gasteiger partial charge in [-0.25, -0.2) is 0 Å². The van der Waals surface area contributed by atoms with E-state index < -0.39 is 0 Å². The molecule has 4 nitrogen and oxygen atoms in total. The van der Waals surface area contributed by atoms with Gasteiger partial charge in [0.05, 0.1) is 10.4 Å². The number of hydrogen-bond acceptors (Lipinski definition) is 4. The van der Waals surface area contributed by atoms with E-state index in [4.69, 9.17) is 0 Å². The van der Waals surface area contributed by atoms with Gasteiger partial charge in [-0.1, -0.05) is 18.2 Å². The highest BCUT2D eigenvalue weighted by molar-refractivity contribution is 8.18. The van der Waals surface area contributed by atoms with Crippen LogP contribution in [0.25, 0.3) is 11.6 Å². The van der Waals surface area contributed by atoms with Crippen LogP contribution in [-0.4, -0.2) is 34.2 Å². The molecule has 3 rings (SSSR count). The minimum atomic E-state index is -0.250. The molecule has 0 aromatic heterocycles. The minimum Gasteiger partial charge on any atom is -0.360 e. The first-order valence-corrected chi connectivity index (χ1v) is 9.97. The summed E-state index contributed by atoms with van der Waals surface area (Å²) >= 11 is 0.986. The van der Waals surface area contributed by atoms with Crippen LogP contribution in [0.5, 0.6) is 0 Å². The number of hydrogen-bond donors (Lipinski definition) is 0. The number of carbonyl (C=O) groups excluding carboxylic acids is 2. The van der Waals surface area contributed by atoms with Crippen molar-refractivity contribution in [2.75, 3.05) is 11.4 Å². The molecule has 0 bridgehead atoms. The fourth-order valence-corrected chi connectivity index (χ4v) is 4.89. The number of anilines is 1. The van der Waals surface area contributed by atoms with E-state index in [1.54, 1.807) is 12.2 Å². The van der Waals surface area contributed by atoms with E-state index in [9.17, 15) is 9.59 Å². The van der Waals surface area contributed by atoms with Crippen LogP contribution in [0.1, 0.15) is 45.7 Å². The minimum absolute atomic E-state index is 0.0554. The van der Waals surface area contributed by atoms with Gasteiger partial charge in [0.25, 0.3) is 11.1 Å². The lowest BCUT2D eigenvalue weighted by Crippen LogP contribution is -2.49. The summed E-state index contributed by atoms with van der Waals surface area (Å²) in [4.78, 5) is 28.5. The number of nitrogens with zero attached hydrogens (tertiary/aromatic N) is 2. The van der Waals surface area contributed by atoms with Crippen LogP contribution in [-0.2, 0) is 4.79 Å². The molecule has 0 spiro atoms. The SMILES string of the molecule is C=CCN1C(=O)S/C(=C\c2ccc3c(c2)C(C)=CC(C)(C)N3C(C)C)C1=O. The Balaban J connectivity index is 2.00. The molecule has 5 heteroatoms. The Kier molecular flexibility index (Phi) is 5.08. The maximum absolute atomic E-state index is 12.4. The molecule has 0 radical (unpaired) electrons. The summed E-state index contributed by atoms with van der Waals surface area (Å²) in [7, 11) is 0. The van der Waals surface area contributed by atoms with E-state index in [1.807, 2.05) is 6.07 Å². The average molecular weight is 383 g/mol. The zero-order chi connectivity index (χ0) is 19.9. The quantitative estimate of drug-likeness (QED) is 0.522. The van der Waals surface area contributed by atoms with Gasteiger partial charge in [-0.05, 0) is 75.7 Å². The van der Waals surface area contributed by atoms with Gasteiger partial charge in [0.15, 0.2) is 0 Å². The maximum Gasteiger partial charge on any atom is 0.293 e. The van der Waals surface area contributed by atoms with Gasteiger partial charge >= 0.3 is 0 Å². The summed E-state index contributed by atoms with van der Waals surface area (Å²) in [5.74, 6) is -0.250. The third kappa shape index (κ3) is 3.48. The van der Waals surface area contributed by atoms with Crippen molar-refractivity contribution in [1.29, 1.82) is 0 Å². The Bertz CT molecular complexity index is 880. The van der Waals surface area contributed by atoms with Gasteiger partial charge in [-0.2, -0.15) is 0 Å². The van der Waals surface area contributed by atoms with Crippen LogP contribution < -0.4 is 4.90 Å². The van der Waals surface area contributed by atoms with Gasteiger partial charge in [-0.3, -0.25) is 14.5 Å². The summed E-state index contributed by atoms with van der Waals surface area (Å²) in [5, 5.41) is -0.243. The number of imide groups is 1. The second-order valence-electron chi connectivity index (χ2n) is 7.80. The number of fused-ring (bicyclic) bond motifs is 1. The van der Waals surface area contributed by atoms with E-state index in [2.05, 4.69) is 64.3 Å². The predicted octanol–water partition coefficient (Wildman–Crippen LogP) is 5.32. The van der Waals surface area contributed by atoms with Crippen LogP contribution in [0, 0.1) is 0 Å². The third-order valence-electron chi connectivity index (χ3n) is 4.90. The molecule has 2 amide bonds. The Hall–Kier alpha value is -2.27. The summed E-state index contributed by atoms with van der Waals surface area (Å²) in [6.07, 6.45) is 5.66. The lowest BCUT2D eigenvalue weighted by atomic mass is 9.87. The summed E-state index contributed by atoms with van der Waals surface area (Å²) in [5.41, 5.74) is 4.46. The highest BCUT2D eigenvalue weighted by atomic mass is 32.2. The first-order chi connectivity index (χ1) is 12.7. The second-order valence-corrected chi connectivity index (χ2v) is 8.80. The van der Waals surface area contributed by atoms with Crippen molar-refractivity contribution in [2.45, 2.75) is 46.2 Å². The van der Waals surface area contributed by atoms with Crippen molar-refractivity contribution in [2.24, 2.45) is 0 Å². The molecule has 0 unspecified atom stereocenters. The molecule has 1 aromatic rings. The molecule has 0 N–H and O–H groups in total. The maximum atomic E-state index is 12.4. The second kappa shape index (κ2) is 7.04. The monoisotopic (exact) mass is 382 g/mol. The smallest absolute Gasteiger partial charge is 0.293 e. The van der Waals surface area contributed by atoms with Gasteiger partial charge in [0, 0.05) is 23.8 Å². The van der Waals surface area contributed by atoms with Gasteiger partial charge in [0.1, 0.15) is 0 Å². The lowest BCUT2D eigenvalue weighted by molar-refractivity contribution is -0.122. The Morgan fingerprint density at radius 2 is 1.96 bits per heavy atom. The fourth-order valence-electron chi connectivity index (χ4n) is 4.04. The highest BCUT2D eigenvalue weighted by Gasteiger charge is 2.35. The van der Waals surface area contributed by atoms with Gasteiger partial charge in [-0.15, -0.1) is 6.58 Å². The molecule has 2 aliphatic heterocycles. The third-order valence-corrected chi connectivity index (χ3v) is 5.80. The molecule has 1 aromatic carbocycles. The van der Waals surface area contributed by atoms with Crippen LogP contribution >= 0.6 is 11.8 Å². The molecule has 0 aliphatic carbocycles. The van der Waals surface area contributed by atoms with E-state index >= 15 is 0 Å². The number of thioether (sulfide) groups is 1. The van der Waals surface area contributed by atoms with E-state index in [0.717, 1.165) is 17.3 Å². The van der Waals surface area contributed by atoms with Gasteiger partial charge < -0.3 is 4.90 Å². The highest BCUT2D eigenvalue weighted by Crippen LogP contribution is 2.41. The molecule has 1 saturated heterocycles. The molecule has 0 saturated carbocycles. The predicted molar refractivity (Wildman–Crippen MR) is 115 cm³/mol. The van der Waals surface area contributed by atoms with E-state index in [0.29, 0.717) is 10.9 Å². The molecular formula is C22H26N2O2S. The van der Waals surface area contributed by atoms with Crippen LogP contribution in [0.3, 0.4) is 0 Å². The molecule has 27 heavy (non-hydrogen) atoms. The van der Waals surface area contributed by atoms with Crippen LogP contribution in [0.4, 0.5) is 10.5 Å². The molecule has 1 fully saturated rings. The first kappa shape index (κ1) is 19.5. The first-order valence-electron chi connectivity index (χ1n) is 9.15. The van der Waals surface area contributed by atoms with E-state index in [1.165, 1.54) is 21.7 Å². The molecule has 0 atom stereocenters. The number of rotatable bonds is 4. The molecular weight excluding hydrogens is 356 g/mol. The zero-order valence-electron chi connectivity index (χ0n) is 16.6. The standard InChI is InChI=1S/C22H26N2O2S/c1-7-10-23-20(25)19(27-21(23)26)12-16-8-9-18-17(11-16)15(4)13-22(5,6)24(18)14(2)3/h7-9,11-14H,1,10H2,2-6H3/b19-12-. The van der Waals surface area contributed by atoms with Crippen molar-refractivity contribution in [3.63, 3.8) is 0 Å². The van der Waals surface area contributed by atoms with Crippen LogP contribution in [0.2, 0.25) is 0 Å². The van der Waals surface area contributed by atoms with Crippen molar-refractivity contribution in [3.05, 3.63) is 53.0 Å². The van der Waals surface area contributed by atoms with E-state index in [-0.39, 0.29) is 23.2 Å². The molecule has 142 valence electrons. The number of carbonyl (C=O) groups is 2. The van der Waals surface area contributed by atoms with Gasteiger partial charge in [0.2, 0.25) is 0 Å². The van der Waals surface area contributed by atoms with Crippen molar-refractivity contribution < 1.29 is 9.59 Å². The zero-order valence-corrected chi connectivity index (χ0v) is 17.4. The normalized spacial score (nSPS) is 20.4. The molecule has 2 aliphatic rings. The lowest BCUT2D eigenvalue weighted by Gasteiger charge is -2.46. The Morgan fingerprint density at radius 1 is 1.26 bits per heavy atom. The summed E-state index contributed by atoms with van der Waals surface area (Å²) in [6, 6.07) is 6.61. The Morgan fingerprint density at radius 3 is 2.59 bits per heavy atom. The number of allylic oxidation sites excluding steroid dienone is 1. The summed E-state index contributed by atoms with van der Waals surface area (Å²) in [6.45, 7) is 14.8. The number of amides is 2. The number of benzene rings is 1. The topological polar surface area (TPSA) is 40.6 Å². The largest absolute Gasteiger partial charge is 0.360 e. The van der Waals surface area contributed by atoms with Crippen LogP contribution in [0.15, 0.2) is 41.8 Å². The van der Waals surface area contributed by atoms with Crippen molar-refractivity contribution >= 4 is 40.2 Å². The van der Waals surface area contributed by atoms with Crippen molar-refractivity contribution in [1.82, 2.24) is 4.90 Å². The average Bonchev–Trinajstić information content (AvgIpc) is 2.82. The summed E-state index contributed by atoms with van der Waals surface area (Å²) < 4.78 is 0. The fraction of sp³-hybridized carbons (Fsp3) is 0.364. The molecule has 2 heterocycles. The van der Waals surface area contributed by atoms with Crippen molar-refractivity contribution in [3.8, 4) is 0 Å². The Labute approximate surface area is 165 Å².